The second-order valence-corrected chi connectivity index (χ2v) is 4.19. The molecule has 122 valence electrons. The maximum atomic E-state index is 9.93. The third-order valence-electron chi connectivity index (χ3n) is 0.785. The van der Waals surface area contributed by atoms with Crippen LogP contribution in [0.25, 0.3) is 0 Å². The first-order valence-corrected chi connectivity index (χ1v) is 6.18. The van der Waals surface area contributed by atoms with E-state index in [1.54, 1.807) is 14.1 Å². The van der Waals surface area contributed by atoms with Gasteiger partial charge in [0.2, 0.25) is 0 Å². The number of thiocarbonyl (C=S) groups is 2. The molecule has 0 aromatic carbocycles. The summed E-state index contributed by atoms with van der Waals surface area (Å²) in [5.41, 5.74) is 13.9. The Labute approximate surface area is 190 Å². The molecule has 0 aromatic heterocycles. The van der Waals surface area contributed by atoms with Gasteiger partial charge in [0.05, 0.1) is 14.2 Å². The monoisotopic (exact) mass is 404 g/mol. The number of carbonyl (C=O) groups excluding carboxylic acids is 2. The second kappa shape index (κ2) is 25.6. The average molecular weight is 405 g/mol. The topological polar surface area (TPSA) is 134 Å². The standard InChI is InChI=1S/C3H7NOS.2C2H5NOS.CH3NOS.K.H/c1-4(2)3(5)6;2*1-4-2(3)5;2-1(3)4;;/h1-2H3,(H,5,6);2*1H3,(H2,3,5);(H3,2,3,4);;/q;;;;+1;-1. The number of primary amides is 1. The molecule has 0 aliphatic carbocycles. The summed E-state index contributed by atoms with van der Waals surface area (Å²) >= 11 is 15.1. The van der Waals surface area contributed by atoms with Gasteiger partial charge in [-0.15, -0.1) is 0 Å². The van der Waals surface area contributed by atoms with Crippen LogP contribution in [-0.4, -0.2) is 54.0 Å². The quantitative estimate of drug-likeness (QED) is 0.169. The molecule has 0 saturated carbocycles. The molecule has 0 heterocycles. The van der Waals surface area contributed by atoms with E-state index in [-0.39, 0.29) is 68.4 Å². The fourth-order valence-electron chi connectivity index (χ4n) is 0. The molecule has 0 radical (unpaired) electrons. The van der Waals surface area contributed by atoms with E-state index in [0.29, 0.717) is 0 Å². The molecule has 0 spiro atoms. The van der Waals surface area contributed by atoms with Crippen LogP contribution in [0.4, 0.5) is 9.59 Å². The molecule has 6 N–H and O–H groups in total. The number of carbonyl (C=O) groups is 2. The van der Waals surface area contributed by atoms with Gasteiger partial charge < -0.3 is 33.0 Å². The van der Waals surface area contributed by atoms with Crippen LogP contribution in [0, 0.1) is 0 Å². The van der Waals surface area contributed by atoms with Crippen LogP contribution >= 0.6 is 49.7 Å². The smallest absolute Gasteiger partial charge is 1.00 e. The summed E-state index contributed by atoms with van der Waals surface area (Å²) in [6.07, 6.45) is 0. The van der Waals surface area contributed by atoms with E-state index in [1.165, 1.54) is 19.1 Å². The van der Waals surface area contributed by atoms with Crippen molar-refractivity contribution in [1.82, 2.24) is 4.90 Å². The minimum absolute atomic E-state index is 0. The molecule has 21 heavy (non-hydrogen) atoms. The Morgan fingerprint density at radius 1 is 1.00 bits per heavy atom. The van der Waals surface area contributed by atoms with E-state index in [2.05, 4.69) is 64.9 Å². The number of ether oxygens (including phenoxy) is 2. The fourth-order valence-corrected chi connectivity index (χ4v) is 0. The number of thiol groups is 2. The molecule has 0 aliphatic rings. The molecule has 0 atom stereocenters. The normalized spacial score (nSPS) is 6.57. The van der Waals surface area contributed by atoms with Crippen LogP contribution in [-0.2, 0) is 9.47 Å². The number of hydrogen-bond donors (Lipinski definition) is 5. The first kappa shape index (κ1) is 33.3. The first-order chi connectivity index (χ1) is 8.91. The minimum Gasteiger partial charge on any atom is -1.00 e. The molecule has 0 saturated heterocycles. The van der Waals surface area contributed by atoms with E-state index in [0.717, 1.165) is 0 Å². The average Bonchev–Trinajstić information content (AvgIpc) is 2.29. The van der Waals surface area contributed by atoms with Gasteiger partial charge in [-0.1, -0.05) is 25.3 Å². The van der Waals surface area contributed by atoms with Gasteiger partial charge in [0, 0.05) is 14.1 Å². The summed E-state index contributed by atoms with van der Waals surface area (Å²) < 4.78 is 8.52. The second-order valence-electron chi connectivity index (χ2n) is 2.56. The molecule has 0 fully saturated rings. The van der Waals surface area contributed by atoms with Gasteiger partial charge in [-0.25, -0.2) is 0 Å². The zero-order chi connectivity index (χ0) is 17.3. The molecular formula is C8H21KN4O4S4. The molecule has 2 amide bonds. The number of nitrogens with zero attached hydrogens (tertiary/aromatic N) is 1. The van der Waals surface area contributed by atoms with E-state index >= 15 is 0 Å². The molecular weight excluding hydrogens is 383 g/mol. The summed E-state index contributed by atoms with van der Waals surface area (Å²) in [7, 11) is 6.16. The van der Waals surface area contributed by atoms with Crippen molar-refractivity contribution in [3.63, 3.8) is 0 Å². The van der Waals surface area contributed by atoms with Gasteiger partial charge in [-0.05, 0) is 24.4 Å². The number of methoxy groups -OCH3 is 2. The Morgan fingerprint density at radius 2 is 1.10 bits per heavy atom. The van der Waals surface area contributed by atoms with Gasteiger partial charge >= 0.3 is 51.4 Å². The Morgan fingerprint density at radius 3 is 1.10 bits per heavy atom. The number of nitrogens with two attached hydrogens (primary N) is 3. The van der Waals surface area contributed by atoms with E-state index in [1.807, 2.05) is 0 Å². The van der Waals surface area contributed by atoms with Crippen molar-refractivity contribution < 1.29 is 71.9 Å². The largest absolute Gasteiger partial charge is 1.00 e. The van der Waals surface area contributed by atoms with E-state index in [4.69, 9.17) is 16.3 Å². The number of hydrogen-bond acceptors (Lipinski definition) is 6. The summed E-state index contributed by atoms with van der Waals surface area (Å²) in [5, 5.41) is -0.676. The van der Waals surface area contributed by atoms with Gasteiger partial charge in [0.15, 0.2) is 0 Å². The van der Waals surface area contributed by atoms with Gasteiger partial charge in [-0.2, -0.15) is 0 Å². The third kappa shape index (κ3) is 95.9. The van der Waals surface area contributed by atoms with Crippen LogP contribution < -0.4 is 68.6 Å². The number of amides is 2. The van der Waals surface area contributed by atoms with Crippen LogP contribution in [0.15, 0.2) is 0 Å². The van der Waals surface area contributed by atoms with Gasteiger partial charge in [-0.3, -0.25) is 9.59 Å². The Bertz CT molecular complexity index is 296. The molecule has 0 aromatic rings. The van der Waals surface area contributed by atoms with E-state index in [9.17, 15) is 4.79 Å². The van der Waals surface area contributed by atoms with Crippen molar-refractivity contribution in [2.24, 2.45) is 17.2 Å². The minimum atomic E-state index is -0.639. The summed E-state index contributed by atoms with van der Waals surface area (Å²) in [6.45, 7) is 0. The van der Waals surface area contributed by atoms with Gasteiger partial charge in [0.1, 0.15) is 0 Å². The Hall–Kier alpha value is 0.656. The first-order valence-electron chi connectivity index (χ1n) is 4.47. The van der Waals surface area contributed by atoms with Gasteiger partial charge in [0.25, 0.3) is 20.8 Å². The predicted octanol–water partition coefficient (Wildman–Crippen LogP) is -2.54. The summed E-state index contributed by atoms with van der Waals surface area (Å²) in [5.74, 6) is 0. The van der Waals surface area contributed by atoms with Crippen LogP contribution in [0.1, 0.15) is 1.43 Å². The predicted molar refractivity (Wildman–Crippen MR) is 95.3 cm³/mol. The van der Waals surface area contributed by atoms with Crippen molar-refractivity contribution in [3.8, 4) is 0 Å². The Balaban J connectivity index is -0.0000000380. The molecule has 0 aliphatic heterocycles. The van der Waals surface area contributed by atoms with Crippen molar-refractivity contribution in [2.45, 2.75) is 0 Å². The molecule has 8 nitrogen and oxygen atoms in total. The maximum Gasteiger partial charge on any atom is 1.00 e. The number of rotatable bonds is 0. The van der Waals surface area contributed by atoms with Crippen LogP contribution in [0.5, 0.6) is 0 Å². The van der Waals surface area contributed by atoms with Crippen LogP contribution in [0.2, 0.25) is 0 Å². The van der Waals surface area contributed by atoms with Crippen molar-refractivity contribution >= 4 is 70.5 Å². The molecule has 0 unspecified atom stereocenters. The molecule has 0 bridgehead atoms. The summed E-state index contributed by atoms with van der Waals surface area (Å²) in [4.78, 5) is 20.4. The zero-order valence-corrected chi connectivity index (χ0v) is 19.1. The maximum absolute atomic E-state index is 9.93. The Kier molecular flexibility index (Phi) is 40.6. The molecule has 13 heteroatoms. The zero-order valence-electron chi connectivity index (χ0n) is 13.5. The van der Waals surface area contributed by atoms with Crippen molar-refractivity contribution in [3.05, 3.63) is 0 Å². The van der Waals surface area contributed by atoms with Crippen LogP contribution in [0.3, 0.4) is 0 Å². The third-order valence-corrected chi connectivity index (χ3v) is 1.52. The summed E-state index contributed by atoms with van der Waals surface area (Å²) in [6, 6.07) is 0. The SMILES string of the molecule is CN(C)C(=O)S.COC(N)=S.COC(N)=S.NC(=O)S.[H-].[K+]. The fraction of sp³-hybridized carbons (Fsp3) is 0.500. The molecule has 0 rings (SSSR count). The van der Waals surface area contributed by atoms with Crippen molar-refractivity contribution in [2.75, 3.05) is 28.3 Å². The van der Waals surface area contributed by atoms with E-state index < -0.39 is 5.24 Å². The van der Waals surface area contributed by atoms with Crippen molar-refractivity contribution in [1.29, 1.82) is 0 Å².